The number of rotatable bonds is 7. The minimum atomic E-state index is -0.645. The van der Waals surface area contributed by atoms with Crippen molar-refractivity contribution in [2.24, 2.45) is 0 Å². The Balaban J connectivity index is 1.96. The molecule has 7 heteroatoms. The number of carbonyl (C=O) groups is 3. The number of para-hydroxylation sites is 2. The third kappa shape index (κ3) is 5.79. The summed E-state index contributed by atoms with van der Waals surface area (Å²) in [5.74, 6) is -0.761. The standard InChI is InChI=1S/C19H19N3O4/c1-2-12-20-19(25)22-17(23)13-26-16-11-7-6-10-15(16)18(24)21-14-8-4-3-5-9-14/h2-11H,1,12-13H2,(H,21,24)(H2,20,22,23,25). The van der Waals surface area contributed by atoms with E-state index in [9.17, 15) is 14.4 Å². The van der Waals surface area contributed by atoms with Gasteiger partial charge in [0.1, 0.15) is 5.75 Å². The van der Waals surface area contributed by atoms with Crippen molar-refractivity contribution < 1.29 is 19.1 Å². The Morgan fingerprint density at radius 2 is 1.69 bits per heavy atom. The normalized spacial score (nSPS) is 9.69. The summed E-state index contributed by atoms with van der Waals surface area (Å²) in [5.41, 5.74) is 0.921. The highest BCUT2D eigenvalue weighted by atomic mass is 16.5. The lowest BCUT2D eigenvalue weighted by Crippen LogP contribution is -2.41. The van der Waals surface area contributed by atoms with E-state index in [1.807, 2.05) is 6.07 Å². The van der Waals surface area contributed by atoms with Gasteiger partial charge in [0.15, 0.2) is 6.61 Å². The van der Waals surface area contributed by atoms with E-state index in [0.29, 0.717) is 5.69 Å². The second-order valence-electron chi connectivity index (χ2n) is 5.15. The highest BCUT2D eigenvalue weighted by molar-refractivity contribution is 6.06. The molecule has 0 atom stereocenters. The highest BCUT2D eigenvalue weighted by Gasteiger charge is 2.14. The van der Waals surface area contributed by atoms with Crippen LogP contribution in [0, 0.1) is 0 Å². The molecular weight excluding hydrogens is 334 g/mol. The number of amides is 4. The van der Waals surface area contributed by atoms with Gasteiger partial charge in [-0.25, -0.2) is 4.79 Å². The first kappa shape index (κ1) is 18.7. The molecule has 26 heavy (non-hydrogen) atoms. The average Bonchev–Trinajstić information content (AvgIpc) is 2.65. The maximum atomic E-state index is 12.4. The number of urea groups is 1. The van der Waals surface area contributed by atoms with Crippen molar-refractivity contribution in [2.45, 2.75) is 0 Å². The van der Waals surface area contributed by atoms with Crippen molar-refractivity contribution in [3.63, 3.8) is 0 Å². The fourth-order valence-corrected chi connectivity index (χ4v) is 2.02. The van der Waals surface area contributed by atoms with E-state index in [4.69, 9.17) is 4.74 Å². The Morgan fingerprint density at radius 1 is 1.00 bits per heavy atom. The Labute approximate surface area is 151 Å². The van der Waals surface area contributed by atoms with E-state index in [1.165, 1.54) is 6.08 Å². The minimum Gasteiger partial charge on any atom is -0.483 e. The van der Waals surface area contributed by atoms with Crippen LogP contribution < -0.4 is 20.7 Å². The van der Waals surface area contributed by atoms with Crippen molar-refractivity contribution in [3.8, 4) is 5.75 Å². The third-order valence-corrected chi connectivity index (χ3v) is 3.18. The van der Waals surface area contributed by atoms with Gasteiger partial charge in [-0.2, -0.15) is 0 Å². The van der Waals surface area contributed by atoms with E-state index < -0.39 is 18.5 Å². The van der Waals surface area contributed by atoms with Gasteiger partial charge in [-0.15, -0.1) is 6.58 Å². The van der Waals surface area contributed by atoms with Crippen LogP contribution in [-0.4, -0.2) is 31.0 Å². The molecule has 0 saturated heterocycles. The zero-order valence-corrected chi connectivity index (χ0v) is 14.0. The molecule has 2 aromatic carbocycles. The molecule has 3 N–H and O–H groups in total. The lowest BCUT2D eigenvalue weighted by molar-refractivity contribution is -0.122. The number of imide groups is 1. The number of ether oxygens (including phenoxy) is 1. The molecule has 0 aliphatic carbocycles. The predicted octanol–water partition coefficient (Wildman–Crippen LogP) is 2.33. The Morgan fingerprint density at radius 3 is 2.42 bits per heavy atom. The molecule has 0 fully saturated rings. The number of benzene rings is 2. The largest absolute Gasteiger partial charge is 0.483 e. The van der Waals surface area contributed by atoms with Crippen LogP contribution in [0.1, 0.15) is 10.4 Å². The molecule has 0 radical (unpaired) electrons. The second kappa shape index (κ2) is 9.63. The van der Waals surface area contributed by atoms with Gasteiger partial charge in [0.2, 0.25) is 0 Å². The third-order valence-electron chi connectivity index (χ3n) is 3.18. The maximum Gasteiger partial charge on any atom is 0.321 e. The minimum absolute atomic E-state index is 0.239. The molecule has 0 aliphatic heterocycles. The fraction of sp³-hybridized carbons (Fsp3) is 0.105. The average molecular weight is 353 g/mol. The molecule has 0 bridgehead atoms. The van der Waals surface area contributed by atoms with Crippen molar-refractivity contribution in [2.75, 3.05) is 18.5 Å². The molecule has 0 heterocycles. The van der Waals surface area contributed by atoms with Gasteiger partial charge >= 0.3 is 6.03 Å². The zero-order valence-electron chi connectivity index (χ0n) is 14.0. The van der Waals surface area contributed by atoms with Gasteiger partial charge in [0, 0.05) is 12.2 Å². The summed E-state index contributed by atoms with van der Waals surface area (Å²) >= 11 is 0. The predicted molar refractivity (Wildman–Crippen MR) is 98.1 cm³/mol. The van der Waals surface area contributed by atoms with Gasteiger partial charge in [0.05, 0.1) is 5.56 Å². The smallest absolute Gasteiger partial charge is 0.321 e. The molecule has 0 aromatic heterocycles. The SMILES string of the molecule is C=CCNC(=O)NC(=O)COc1ccccc1C(=O)Nc1ccccc1. The highest BCUT2D eigenvalue weighted by Crippen LogP contribution is 2.19. The molecule has 7 nitrogen and oxygen atoms in total. The number of hydrogen-bond donors (Lipinski definition) is 3. The Bertz CT molecular complexity index is 790. The summed E-state index contributed by atoms with van der Waals surface area (Å²) in [5, 5.41) is 7.27. The Hall–Kier alpha value is -3.61. The van der Waals surface area contributed by atoms with E-state index in [0.717, 1.165) is 0 Å². The van der Waals surface area contributed by atoms with E-state index in [2.05, 4.69) is 22.5 Å². The summed E-state index contributed by atoms with van der Waals surface area (Å²) < 4.78 is 5.39. The summed E-state index contributed by atoms with van der Waals surface area (Å²) in [6, 6.07) is 14.9. The fourth-order valence-electron chi connectivity index (χ4n) is 2.02. The molecule has 134 valence electrons. The van der Waals surface area contributed by atoms with Crippen LogP contribution in [0.4, 0.5) is 10.5 Å². The van der Waals surface area contributed by atoms with Gasteiger partial charge in [0.25, 0.3) is 11.8 Å². The first-order valence-corrected chi connectivity index (χ1v) is 7.87. The molecule has 0 aliphatic rings. The first-order valence-electron chi connectivity index (χ1n) is 7.87. The summed E-state index contributed by atoms with van der Waals surface area (Å²) in [7, 11) is 0. The molecular formula is C19H19N3O4. The topological polar surface area (TPSA) is 96.5 Å². The lowest BCUT2D eigenvalue weighted by Gasteiger charge is -2.11. The van der Waals surface area contributed by atoms with E-state index in [-0.39, 0.29) is 23.8 Å². The van der Waals surface area contributed by atoms with Gasteiger partial charge in [-0.3, -0.25) is 14.9 Å². The molecule has 0 saturated carbocycles. The van der Waals surface area contributed by atoms with Crippen molar-refractivity contribution >= 4 is 23.5 Å². The molecule has 2 aromatic rings. The first-order chi connectivity index (χ1) is 12.6. The summed E-state index contributed by atoms with van der Waals surface area (Å²) in [6.45, 7) is 3.29. The second-order valence-corrected chi connectivity index (χ2v) is 5.15. The van der Waals surface area contributed by atoms with Crippen LogP contribution >= 0.6 is 0 Å². The maximum absolute atomic E-state index is 12.4. The lowest BCUT2D eigenvalue weighted by atomic mass is 10.2. The van der Waals surface area contributed by atoms with Crippen molar-refractivity contribution in [3.05, 3.63) is 72.8 Å². The molecule has 4 amide bonds. The van der Waals surface area contributed by atoms with Crippen LogP contribution in [0.25, 0.3) is 0 Å². The summed E-state index contributed by atoms with van der Waals surface area (Å²) in [4.78, 5) is 35.5. The van der Waals surface area contributed by atoms with Crippen LogP contribution in [-0.2, 0) is 4.79 Å². The van der Waals surface area contributed by atoms with Gasteiger partial charge < -0.3 is 15.4 Å². The van der Waals surface area contributed by atoms with Crippen molar-refractivity contribution in [1.29, 1.82) is 0 Å². The number of anilines is 1. The van der Waals surface area contributed by atoms with Crippen LogP contribution in [0.15, 0.2) is 67.3 Å². The Kier molecular flexibility index (Phi) is 6.93. The van der Waals surface area contributed by atoms with Crippen LogP contribution in [0.2, 0.25) is 0 Å². The summed E-state index contributed by atoms with van der Waals surface area (Å²) in [6.07, 6.45) is 1.49. The zero-order chi connectivity index (χ0) is 18.8. The quantitative estimate of drug-likeness (QED) is 0.666. The molecule has 2 rings (SSSR count). The number of nitrogens with one attached hydrogen (secondary N) is 3. The van der Waals surface area contributed by atoms with Crippen LogP contribution in [0.5, 0.6) is 5.75 Å². The van der Waals surface area contributed by atoms with Crippen molar-refractivity contribution in [1.82, 2.24) is 10.6 Å². The number of carbonyl (C=O) groups excluding carboxylic acids is 3. The van der Waals surface area contributed by atoms with E-state index in [1.54, 1.807) is 48.5 Å². The van der Waals surface area contributed by atoms with Gasteiger partial charge in [-0.1, -0.05) is 36.4 Å². The van der Waals surface area contributed by atoms with E-state index >= 15 is 0 Å². The molecule has 0 spiro atoms. The van der Waals surface area contributed by atoms with Crippen LogP contribution in [0.3, 0.4) is 0 Å². The monoisotopic (exact) mass is 353 g/mol. The number of hydrogen-bond acceptors (Lipinski definition) is 4. The van der Waals surface area contributed by atoms with Gasteiger partial charge in [-0.05, 0) is 24.3 Å². The molecule has 0 unspecified atom stereocenters.